The number of sulfonamides is 1. The molecule has 5 aliphatic rings. The van der Waals surface area contributed by atoms with Crippen LogP contribution in [0, 0.1) is 28.6 Å². The summed E-state index contributed by atoms with van der Waals surface area (Å²) in [6.07, 6.45) is 11.1. The number of hydrogen-bond donors (Lipinski definition) is 1. The van der Waals surface area contributed by atoms with Gasteiger partial charge in [-0.2, -0.15) is 0 Å². The summed E-state index contributed by atoms with van der Waals surface area (Å²) in [7, 11) is -3.83. The summed E-state index contributed by atoms with van der Waals surface area (Å²) in [6.45, 7) is 8.38. The fraction of sp³-hybridized carbons (Fsp3) is 0.634. The highest BCUT2D eigenvalue weighted by atomic mass is 32.2. The van der Waals surface area contributed by atoms with Crippen LogP contribution < -0.4 is 9.46 Å². The first-order valence-corrected chi connectivity index (χ1v) is 21.0. The molecule has 1 N–H and O–H groups in total. The Bertz CT molecular complexity index is 1880. The minimum absolute atomic E-state index is 0.0328. The first-order chi connectivity index (χ1) is 25.3. The Hall–Kier alpha value is -3.80. The Labute approximate surface area is 312 Å². The maximum Gasteiger partial charge on any atom is 0.306 e. The number of carbonyl (C=O) groups is 4. The number of ether oxygens (including phenoxy) is 2. The van der Waals surface area contributed by atoms with Gasteiger partial charge in [-0.05, 0) is 91.7 Å². The Morgan fingerprint density at radius 1 is 1.08 bits per heavy atom. The van der Waals surface area contributed by atoms with Gasteiger partial charge in [-0.25, -0.2) is 13.4 Å². The van der Waals surface area contributed by atoms with E-state index in [1.165, 1.54) is 0 Å². The van der Waals surface area contributed by atoms with Crippen molar-refractivity contribution in [2.24, 2.45) is 28.6 Å². The van der Waals surface area contributed by atoms with E-state index in [9.17, 15) is 27.6 Å². The molecule has 4 bridgehead atoms. The van der Waals surface area contributed by atoms with Crippen molar-refractivity contribution >= 4 is 44.4 Å². The topological polar surface area (TPSA) is 149 Å². The van der Waals surface area contributed by atoms with E-state index >= 15 is 0 Å². The van der Waals surface area contributed by atoms with Crippen molar-refractivity contribution < 1.29 is 37.1 Å². The summed E-state index contributed by atoms with van der Waals surface area (Å²) in [5.41, 5.74) is -0.387. The molecule has 1 saturated heterocycles. The molecular weight excluding hydrogens is 695 g/mol. The maximum absolute atomic E-state index is 14.8. The van der Waals surface area contributed by atoms with Crippen LogP contribution in [0.3, 0.4) is 0 Å². The summed E-state index contributed by atoms with van der Waals surface area (Å²) in [4.78, 5) is 62.6. The van der Waals surface area contributed by atoms with E-state index in [0.717, 1.165) is 67.7 Å². The number of carbonyl (C=O) groups excluding carboxylic acids is 4. The Kier molecular flexibility index (Phi) is 10.5. The Balaban J connectivity index is 1.22. The van der Waals surface area contributed by atoms with Crippen LogP contribution in [0.5, 0.6) is 5.88 Å². The first kappa shape index (κ1) is 37.5. The highest BCUT2D eigenvalue weighted by molar-refractivity contribution is 7.90. The quantitative estimate of drug-likeness (QED) is 0.260. The number of pyridine rings is 1. The van der Waals surface area contributed by atoms with E-state index in [-0.39, 0.29) is 61.4 Å². The molecule has 0 unspecified atom stereocenters. The zero-order valence-corrected chi connectivity index (χ0v) is 31.8. The van der Waals surface area contributed by atoms with Crippen molar-refractivity contribution in [3.63, 3.8) is 0 Å². The predicted molar refractivity (Wildman–Crippen MR) is 199 cm³/mol. The van der Waals surface area contributed by atoms with Crippen LogP contribution in [0.4, 0.5) is 0 Å². The van der Waals surface area contributed by atoms with Crippen molar-refractivity contribution in [2.45, 2.75) is 121 Å². The number of amides is 2. The number of rotatable bonds is 8. The van der Waals surface area contributed by atoms with Gasteiger partial charge in [0.25, 0.3) is 0 Å². The average Bonchev–Trinajstić information content (AvgIpc) is 4.06. The normalized spacial score (nSPS) is 29.8. The van der Waals surface area contributed by atoms with Gasteiger partial charge < -0.3 is 14.4 Å². The van der Waals surface area contributed by atoms with E-state index in [0.29, 0.717) is 25.1 Å². The number of hydrogen-bond acceptors (Lipinski definition) is 9. The minimum atomic E-state index is -3.83. The number of Topliss-reactive ketones (excluding diaryl/α,β-unsaturated/α-hetero) is 1. The van der Waals surface area contributed by atoms with Crippen molar-refractivity contribution in [1.82, 2.24) is 14.6 Å². The Morgan fingerprint density at radius 2 is 1.85 bits per heavy atom. The van der Waals surface area contributed by atoms with Crippen LogP contribution in [-0.2, 0) is 40.4 Å². The van der Waals surface area contributed by atoms with Gasteiger partial charge in [0.1, 0.15) is 6.10 Å². The van der Waals surface area contributed by atoms with Crippen molar-refractivity contribution in [1.29, 1.82) is 0 Å². The average molecular weight is 748 g/mol. The van der Waals surface area contributed by atoms with Gasteiger partial charge in [-0.15, -0.1) is 6.58 Å². The number of cyclic esters (lactones) is 1. The number of allylic oxidation sites excluding steroid dienone is 1. The Morgan fingerprint density at radius 3 is 2.57 bits per heavy atom. The zero-order valence-electron chi connectivity index (χ0n) is 31.0. The van der Waals surface area contributed by atoms with Crippen LogP contribution in [0.2, 0.25) is 0 Å². The van der Waals surface area contributed by atoms with Gasteiger partial charge in [-0.1, -0.05) is 51.3 Å². The molecule has 4 fully saturated rings. The third kappa shape index (κ3) is 8.17. The van der Waals surface area contributed by atoms with Gasteiger partial charge in [0.15, 0.2) is 5.78 Å². The fourth-order valence-electron chi connectivity index (χ4n) is 8.90. The van der Waals surface area contributed by atoms with Gasteiger partial charge >= 0.3 is 5.97 Å². The second-order valence-corrected chi connectivity index (χ2v) is 19.0. The van der Waals surface area contributed by atoms with Crippen molar-refractivity contribution in [2.75, 3.05) is 13.2 Å². The number of aryl methyl sites for hydroxylation is 1. The second-order valence-electron chi connectivity index (χ2n) is 17.1. The van der Waals surface area contributed by atoms with Crippen LogP contribution >= 0.6 is 0 Å². The van der Waals surface area contributed by atoms with E-state index < -0.39 is 50.6 Å². The second kappa shape index (κ2) is 14.8. The molecule has 5 atom stereocenters. The highest BCUT2D eigenvalue weighted by Crippen LogP contribution is 2.57. The van der Waals surface area contributed by atoms with E-state index in [1.807, 2.05) is 6.07 Å². The number of benzene rings is 1. The monoisotopic (exact) mass is 747 g/mol. The molecule has 3 aliphatic carbocycles. The number of fused-ring (bicyclic) bond motifs is 3. The van der Waals surface area contributed by atoms with Crippen LogP contribution in [0.15, 0.2) is 43.1 Å². The van der Waals surface area contributed by atoms with Gasteiger partial charge in [0.2, 0.25) is 27.7 Å². The molecule has 0 spiro atoms. The molecule has 3 heterocycles. The van der Waals surface area contributed by atoms with Crippen molar-refractivity contribution in [3.05, 3.63) is 48.7 Å². The van der Waals surface area contributed by atoms with Crippen molar-refractivity contribution in [3.8, 4) is 5.88 Å². The smallest absolute Gasteiger partial charge is 0.306 e. The number of nitrogens with one attached hydrogen (secondary N) is 1. The molecule has 12 heteroatoms. The predicted octanol–water partition coefficient (Wildman–Crippen LogP) is 5.84. The van der Waals surface area contributed by atoms with E-state index in [2.05, 4.69) is 48.3 Å². The highest BCUT2D eigenvalue weighted by Gasteiger charge is 2.61. The lowest BCUT2D eigenvalue weighted by Gasteiger charge is -2.34. The lowest BCUT2D eigenvalue weighted by Crippen LogP contribution is -2.48. The summed E-state index contributed by atoms with van der Waals surface area (Å²) in [5, 5.41) is 1.23. The van der Waals surface area contributed by atoms with Gasteiger partial charge in [-0.3, -0.25) is 23.9 Å². The van der Waals surface area contributed by atoms with Gasteiger partial charge in [0, 0.05) is 24.4 Å². The molecule has 2 aromatic rings. The summed E-state index contributed by atoms with van der Waals surface area (Å²) in [5.74, 6) is -2.36. The molecule has 11 nitrogen and oxygen atoms in total. The fourth-order valence-corrected chi connectivity index (χ4v) is 10.3. The molecule has 0 radical (unpaired) electrons. The van der Waals surface area contributed by atoms with E-state index in [4.69, 9.17) is 9.47 Å². The molecule has 2 aliphatic heterocycles. The zero-order chi connectivity index (χ0) is 37.5. The van der Waals surface area contributed by atoms with Crippen LogP contribution in [-0.4, -0.2) is 72.4 Å². The number of esters is 1. The molecular formula is C41H53N3O8S. The largest absolute Gasteiger partial charge is 0.472 e. The molecule has 53 heavy (non-hydrogen) atoms. The molecule has 2 amide bonds. The number of aromatic nitrogens is 1. The molecule has 286 valence electrons. The number of nitrogens with zero attached hydrogens (tertiary/aromatic N) is 2. The van der Waals surface area contributed by atoms with E-state index in [1.54, 1.807) is 17.2 Å². The third-order valence-corrected chi connectivity index (χ3v) is 14.2. The lowest BCUT2D eigenvalue weighted by atomic mass is 9.77. The summed E-state index contributed by atoms with van der Waals surface area (Å²) in [6, 6.07) is 7.24. The maximum atomic E-state index is 14.8. The minimum Gasteiger partial charge on any atom is -0.472 e. The lowest BCUT2D eigenvalue weighted by molar-refractivity contribution is -0.154. The van der Waals surface area contributed by atoms with Crippen LogP contribution in [0.25, 0.3) is 10.8 Å². The molecule has 1 aromatic carbocycles. The molecule has 3 saturated carbocycles. The first-order valence-electron chi connectivity index (χ1n) is 19.5. The van der Waals surface area contributed by atoms with Gasteiger partial charge in [0.05, 0.1) is 42.2 Å². The number of ketones is 1. The summed E-state index contributed by atoms with van der Waals surface area (Å²) >= 11 is 0. The molecule has 1 aromatic heterocycles. The third-order valence-electron chi connectivity index (χ3n) is 12.4. The summed E-state index contributed by atoms with van der Waals surface area (Å²) < 4.78 is 40.3. The van der Waals surface area contributed by atoms with Crippen LogP contribution in [0.1, 0.15) is 103 Å². The SMILES string of the molecule is C=C[C@@H]1C[C@]1(CC(=O)[C@@H]1C[C@@H]2CN1C(=O)[C@H](C1CCCCC1)CC(=O)OCC(C)(C)CCCc1ccc3ccnc(c3c1)O2)C(=O)NS(=O)(=O)C1CC1. The molecule has 7 rings (SSSR count). The standard InChI is InChI=1S/C41H53N3O8S/c1-4-29-22-41(29,39(48)43-53(49,50)31-14-15-31)23-35(45)34-20-30-24-44(34)38(47)33(27-10-6-5-7-11-27)21-36(46)51-25-40(2,3)17-8-9-26-12-13-28-16-18-42-37(52-30)32(28)19-26/h4,12-13,16,18-19,27,29-31,33-34H,1,5-11,14-15,17,20-25H2,2-3H3,(H,43,48)/t29-,30-,33+,34+,41-/m1/s1.